The molecule has 0 bridgehead atoms. The molecule has 2 aromatic carbocycles. The van der Waals surface area contributed by atoms with Crippen molar-refractivity contribution in [3.63, 3.8) is 0 Å². The predicted octanol–water partition coefficient (Wildman–Crippen LogP) is 3.93. The molecule has 0 atom stereocenters. The maximum Gasteiger partial charge on any atom is 0.347 e. The summed E-state index contributed by atoms with van der Waals surface area (Å²) in [6.07, 6.45) is 2.62. The molecule has 0 aliphatic carbocycles. The Morgan fingerprint density at radius 3 is 2.03 bits per heavy atom. The Labute approximate surface area is 216 Å². The second-order valence-electron chi connectivity index (χ2n) is 8.23. The van der Waals surface area contributed by atoms with Gasteiger partial charge < -0.3 is 33.3 Å². The summed E-state index contributed by atoms with van der Waals surface area (Å²) in [5, 5.41) is 0. The minimum atomic E-state index is -0.772. The minimum Gasteiger partial charge on any atom is -0.493 e. The van der Waals surface area contributed by atoms with E-state index in [1.54, 1.807) is 34.1 Å². The fraction of sp³-hybridized carbons (Fsp3) is 0.357. The normalized spacial score (nSPS) is 13.4. The minimum absolute atomic E-state index is 0.0969. The number of nitrogens with zero attached hydrogens (tertiary/aromatic N) is 1. The number of hydrogen-bond acceptors (Lipinski definition) is 9. The lowest BCUT2D eigenvalue weighted by Gasteiger charge is -2.40. The number of carbonyl (C=O) groups is 2. The molecule has 0 N–H and O–H groups in total. The standard InChI is InChI=1S/C28H31NO8/c1-7-36-27(30)24(28(31)37-8-2)25-23-17(9-10-20(32-3)26(23)35-6)13-19-18-15-22(34-5)21(33-4)14-16(18)11-12-29(19)25/h9-10,13-15H,7-8,11-12H2,1-6H3. The average molecular weight is 510 g/mol. The molecule has 0 spiro atoms. The number of benzene rings is 2. The first-order valence-electron chi connectivity index (χ1n) is 12.0. The van der Waals surface area contributed by atoms with Crippen LogP contribution in [0, 0.1) is 0 Å². The van der Waals surface area contributed by atoms with Gasteiger partial charge in [0.25, 0.3) is 0 Å². The van der Waals surface area contributed by atoms with Crippen LogP contribution in [0.2, 0.25) is 0 Å². The molecule has 0 fully saturated rings. The monoisotopic (exact) mass is 509 g/mol. The van der Waals surface area contributed by atoms with Gasteiger partial charge in [0.15, 0.2) is 28.6 Å². The van der Waals surface area contributed by atoms with E-state index in [-0.39, 0.29) is 18.8 Å². The van der Waals surface area contributed by atoms with Crippen LogP contribution in [-0.2, 0) is 25.5 Å². The van der Waals surface area contributed by atoms with Crippen molar-refractivity contribution in [2.24, 2.45) is 0 Å². The van der Waals surface area contributed by atoms with Crippen LogP contribution in [0.3, 0.4) is 0 Å². The predicted molar refractivity (Wildman–Crippen MR) is 138 cm³/mol. The van der Waals surface area contributed by atoms with E-state index in [1.165, 1.54) is 14.2 Å². The highest BCUT2D eigenvalue weighted by Gasteiger charge is 2.39. The first-order chi connectivity index (χ1) is 17.9. The third-order valence-corrected chi connectivity index (χ3v) is 6.35. The van der Waals surface area contributed by atoms with E-state index in [4.69, 9.17) is 28.4 Å². The number of methoxy groups -OCH3 is 4. The lowest BCUT2D eigenvalue weighted by atomic mass is 9.86. The number of esters is 2. The van der Waals surface area contributed by atoms with Crippen LogP contribution in [0.4, 0.5) is 0 Å². The van der Waals surface area contributed by atoms with Gasteiger partial charge in [-0.3, -0.25) is 0 Å². The van der Waals surface area contributed by atoms with Crippen LogP contribution < -0.4 is 18.9 Å². The van der Waals surface area contributed by atoms with Crippen molar-refractivity contribution in [3.8, 4) is 23.0 Å². The van der Waals surface area contributed by atoms with Crippen molar-refractivity contribution >= 4 is 29.4 Å². The average Bonchev–Trinajstić information content (AvgIpc) is 2.91. The smallest absolute Gasteiger partial charge is 0.347 e. The van der Waals surface area contributed by atoms with Crippen molar-refractivity contribution in [1.29, 1.82) is 0 Å². The number of hydrogen-bond donors (Lipinski definition) is 0. The maximum atomic E-state index is 13.3. The Morgan fingerprint density at radius 2 is 1.46 bits per heavy atom. The van der Waals surface area contributed by atoms with Crippen LogP contribution in [0.5, 0.6) is 23.0 Å². The molecule has 0 amide bonds. The van der Waals surface area contributed by atoms with E-state index >= 15 is 0 Å². The number of ether oxygens (including phenoxy) is 6. The Balaban J connectivity index is 2.09. The van der Waals surface area contributed by atoms with Gasteiger partial charge in [-0.05, 0) is 55.7 Å². The molecule has 0 unspecified atom stereocenters. The summed E-state index contributed by atoms with van der Waals surface area (Å²) in [7, 11) is 6.23. The molecule has 2 aliphatic heterocycles. The number of fused-ring (bicyclic) bond motifs is 4. The second kappa shape index (κ2) is 10.9. The molecular formula is C28H31NO8. The molecule has 2 aliphatic rings. The summed E-state index contributed by atoms with van der Waals surface area (Å²) in [4.78, 5) is 28.5. The molecule has 0 radical (unpaired) electrons. The van der Waals surface area contributed by atoms with E-state index < -0.39 is 11.9 Å². The van der Waals surface area contributed by atoms with E-state index in [0.29, 0.717) is 47.2 Å². The SMILES string of the molecule is CCOC(=O)C(C(=O)OCC)=C1c2c(ccc(OC)c2OC)C=C2c3cc(OC)c(OC)cc3CCN21. The summed E-state index contributed by atoms with van der Waals surface area (Å²) >= 11 is 0. The van der Waals surface area contributed by atoms with Crippen LogP contribution in [0.15, 0.2) is 29.8 Å². The molecule has 9 heteroatoms. The van der Waals surface area contributed by atoms with Crippen LogP contribution in [-0.4, -0.2) is 65.0 Å². The number of rotatable bonds is 8. The molecular weight excluding hydrogens is 478 g/mol. The molecule has 2 aromatic rings. The largest absolute Gasteiger partial charge is 0.493 e. The van der Waals surface area contributed by atoms with Gasteiger partial charge >= 0.3 is 11.9 Å². The van der Waals surface area contributed by atoms with Crippen molar-refractivity contribution in [2.75, 3.05) is 48.2 Å². The van der Waals surface area contributed by atoms with Gasteiger partial charge in [-0.25, -0.2) is 9.59 Å². The van der Waals surface area contributed by atoms with Crippen molar-refractivity contribution in [2.45, 2.75) is 20.3 Å². The van der Waals surface area contributed by atoms with Gasteiger partial charge in [0, 0.05) is 17.8 Å². The highest BCUT2D eigenvalue weighted by atomic mass is 16.6. The lowest BCUT2D eigenvalue weighted by Crippen LogP contribution is -2.34. The van der Waals surface area contributed by atoms with Crippen molar-refractivity contribution < 1.29 is 38.0 Å². The lowest BCUT2D eigenvalue weighted by molar-refractivity contribution is -0.146. The molecule has 37 heavy (non-hydrogen) atoms. The molecule has 4 rings (SSSR count). The first-order valence-corrected chi connectivity index (χ1v) is 12.0. The Kier molecular flexibility index (Phi) is 7.61. The third-order valence-electron chi connectivity index (χ3n) is 6.35. The Hall–Kier alpha value is -4.14. The zero-order valence-corrected chi connectivity index (χ0v) is 21.9. The third kappa shape index (κ3) is 4.45. The first kappa shape index (κ1) is 25.9. The molecule has 0 saturated carbocycles. The van der Waals surface area contributed by atoms with Gasteiger partial charge in [0.1, 0.15) is 0 Å². The molecule has 0 aromatic heterocycles. The zero-order valence-electron chi connectivity index (χ0n) is 21.9. The fourth-order valence-electron chi connectivity index (χ4n) is 4.78. The second-order valence-corrected chi connectivity index (χ2v) is 8.23. The Morgan fingerprint density at radius 1 is 0.838 bits per heavy atom. The summed E-state index contributed by atoms with van der Waals surface area (Å²) in [6.45, 7) is 4.04. The molecule has 0 saturated heterocycles. The van der Waals surface area contributed by atoms with Gasteiger partial charge in [-0.15, -0.1) is 0 Å². The van der Waals surface area contributed by atoms with E-state index in [1.807, 2.05) is 29.2 Å². The van der Waals surface area contributed by atoms with Crippen LogP contribution >= 0.6 is 0 Å². The van der Waals surface area contributed by atoms with Gasteiger partial charge in [0.2, 0.25) is 0 Å². The van der Waals surface area contributed by atoms with Gasteiger partial charge in [-0.1, -0.05) is 6.07 Å². The quantitative estimate of drug-likeness (QED) is 0.227. The Bertz CT molecular complexity index is 1270. The molecule has 196 valence electrons. The fourth-order valence-corrected chi connectivity index (χ4v) is 4.78. The number of carbonyl (C=O) groups excluding carboxylic acids is 2. The summed E-state index contributed by atoms with van der Waals surface area (Å²) in [5.41, 5.74) is 4.18. The maximum absolute atomic E-state index is 13.3. The highest BCUT2D eigenvalue weighted by molar-refractivity contribution is 6.21. The summed E-state index contributed by atoms with van der Waals surface area (Å²) in [6, 6.07) is 7.51. The molecule has 9 nitrogen and oxygen atoms in total. The van der Waals surface area contributed by atoms with Crippen molar-refractivity contribution in [3.05, 3.63) is 52.1 Å². The van der Waals surface area contributed by atoms with E-state index in [2.05, 4.69) is 0 Å². The topological polar surface area (TPSA) is 92.8 Å². The van der Waals surface area contributed by atoms with Gasteiger partial charge in [-0.2, -0.15) is 0 Å². The summed E-state index contributed by atoms with van der Waals surface area (Å²) < 4.78 is 33.0. The van der Waals surface area contributed by atoms with Crippen LogP contribution in [0.1, 0.15) is 36.1 Å². The molecule has 2 heterocycles. The zero-order chi connectivity index (χ0) is 26.7. The highest BCUT2D eigenvalue weighted by Crippen LogP contribution is 2.50. The van der Waals surface area contributed by atoms with Crippen molar-refractivity contribution in [1.82, 2.24) is 4.90 Å². The van der Waals surface area contributed by atoms with Crippen LogP contribution in [0.25, 0.3) is 17.5 Å². The summed E-state index contributed by atoms with van der Waals surface area (Å²) in [5.74, 6) is 0.523. The van der Waals surface area contributed by atoms with Gasteiger partial charge in [0.05, 0.1) is 52.9 Å². The van der Waals surface area contributed by atoms with E-state index in [0.717, 1.165) is 22.4 Å². The van der Waals surface area contributed by atoms with E-state index in [9.17, 15) is 9.59 Å².